The molecule has 0 unspecified atom stereocenters. The molecule has 0 radical (unpaired) electrons. The zero-order valence-corrected chi connectivity index (χ0v) is 8.63. The summed E-state index contributed by atoms with van der Waals surface area (Å²) in [5.41, 5.74) is 0.968. The lowest BCUT2D eigenvalue weighted by Crippen LogP contribution is -2.00. The number of hydrogen-bond acceptors (Lipinski definition) is 4. The number of aliphatic hydroxyl groups is 1. The van der Waals surface area contributed by atoms with Crippen LogP contribution in [-0.4, -0.2) is 38.7 Å². The average Bonchev–Trinajstić information content (AvgIpc) is 2.59. The van der Waals surface area contributed by atoms with E-state index >= 15 is 0 Å². The second kappa shape index (κ2) is 5.99. The van der Waals surface area contributed by atoms with Crippen LogP contribution in [0.2, 0.25) is 0 Å². The van der Waals surface area contributed by atoms with E-state index in [1.807, 2.05) is 10.9 Å². The molecule has 1 rings (SSSR count). The van der Waals surface area contributed by atoms with Crippen molar-refractivity contribution >= 4 is 11.8 Å². The molecule has 74 valence electrons. The number of thioether (sulfide) groups is 1. The van der Waals surface area contributed by atoms with Gasteiger partial charge >= 0.3 is 0 Å². The Morgan fingerprint density at radius 1 is 1.62 bits per heavy atom. The molecule has 0 aromatic carbocycles. The third-order valence-electron chi connectivity index (χ3n) is 1.70. The van der Waals surface area contributed by atoms with E-state index in [1.165, 1.54) is 0 Å². The van der Waals surface area contributed by atoms with Crippen molar-refractivity contribution in [1.82, 2.24) is 15.0 Å². The van der Waals surface area contributed by atoms with Crippen molar-refractivity contribution in [2.45, 2.75) is 19.4 Å². The van der Waals surface area contributed by atoms with Gasteiger partial charge in [-0.15, -0.1) is 5.10 Å². The van der Waals surface area contributed by atoms with Gasteiger partial charge < -0.3 is 5.11 Å². The van der Waals surface area contributed by atoms with Gasteiger partial charge in [-0.2, -0.15) is 11.8 Å². The first-order valence-corrected chi connectivity index (χ1v) is 5.75. The van der Waals surface area contributed by atoms with Gasteiger partial charge in [0.2, 0.25) is 0 Å². The first-order valence-electron chi connectivity index (χ1n) is 4.35. The minimum Gasteiger partial charge on any atom is -0.396 e. The fraction of sp³-hybridized carbons (Fsp3) is 0.750. The monoisotopic (exact) mass is 201 g/mol. The van der Waals surface area contributed by atoms with Crippen molar-refractivity contribution < 1.29 is 5.11 Å². The molecule has 0 atom stereocenters. The van der Waals surface area contributed by atoms with Crippen LogP contribution in [0.1, 0.15) is 12.1 Å². The lowest BCUT2D eigenvalue weighted by molar-refractivity contribution is 0.288. The predicted molar refractivity (Wildman–Crippen MR) is 53.8 cm³/mol. The fourth-order valence-electron chi connectivity index (χ4n) is 1.01. The van der Waals surface area contributed by atoms with Crippen LogP contribution in [0, 0.1) is 0 Å². The van der Waals surface area contributed by atoms with Crippen molar-refractivity contribution in [1.29, 1.82) is 0 Å². The quantitative estimate of drug-likeness (QED) is 0.731. The predicted octanol–water partition coefficient (Wildman–Crippen LogP) is 0.566. The highest BCUT2D eigenvalue weighted by Gasteiger charge is 1.99. The maximum atomic E-state index is 8.62. The fourth-order valence-corrected chi connectivity index (χ4v) is 1.38. The maximum Gasteiger partial charge on any atom is 0.0828 e. The summed E-state index contributed by atoms with van der Waals surface area (Å²) in [6, 6.07) is 0. The molecule has 0 saturated carbocycles. The van der Waals surface area contributed by atoms with Crippen molar-refractivity contribution in [2.24, 2.45) is 0 Å². The Labute approximate surface area is 82.3 Å². The topological polar surface area (TPSA) is 50.9 Å². The summed E-state index contributed by atoms with van der Waals surface area (Å²) >= 11 is 1.79. The number of hydrogen-bond donors (Lipinski definition) is 1. The van der Waals surface area contributed by atoms with Crippen LogP contribution in [0.25, 0.3) is 0 Å². The largest absolute Gasteiger partial charge is 0.396 e. The van der Waals surface area contributed by atoms with E-state index in [4.69, 9.17) is 5.11 Å². The zero-order chi connectivity index (χ0) is 9.52. The number of aliphatic hydroxyl groups excluding tert-OH is 1. The smallest absolute Gasteiger partial charge is 0.0828 e. The molecule has 0 spiro atoms. The van der Waals surface area contributed by atoms with Crippen molar-refractivity contribution in [2.75, 3.05) is 18.6 Å². The molecule has 5 heteroatoms. The van der Waals surface area contributed by atoms with E-state index in [9.17, 15) is 0 Å². The first-order chi connectivity index (χ1) is 6.36. The SMILES string of the molecule is CSCCn1cc(CCCO)nn1. The summed E-state index contributed by atoms with van der Waals surface area (Å²) in [5, 5.41) is 16.6. The van der Waals surface area contributed by atoms with Gasteiger partial charge in [-0.05, 0) is 19.1 Å². The molecule has 0 saturated heterocycles. The Kier molecular flexibility index (Phi) is 4.85. The summed E-state index contributed by atoms with van der Waals surface area (Å²) < 4.78 is 1.85. The number of nitrogens with zero attached hydrogens (tertiary/aromatic N) is 3. The van der Waals surface area contributed by atoms with Crippen molar-refractivity contribution in [3.8, 4) is 0 Å². The second-order valence-corrected chi connectivity index (χ2v) is 3.78. The molecule has 1 heterocycles. The molecule has 13 heavy (non-hydrogen) atoms. The Morgan fingerprint density at radius 3 is 3.15 bits per heavy atom. The van der Waals surface area contributed by atoms with Crippen molar-refractivity contribution in [3.63, 3.8) is 0 Å². The summed E-state index contributed by atoms with van der Waals surface area (Å²) in [7, 11) is 0. The van der Waals surface area contributed by atoms with Crippen LogP contribution in [0.4, 0.5) is 0 Å². The Balaban J connectivity index is 2.34. The molecule has 0 amide bonds. The van der Waals surface area contributed by atoms with Gasteiger partial charge in [0.15, 0.2) is 0 Å². The van der Waals surface area contributed by atoms with Gasteiger partial charge in [-0.25, -0.2) is 0 Å². The van der Waals surface area contributed by atoms with Crippen LogP contribution in [0.15, 0.2) is 6.20 Å². The van der Waals surface area contributed by atoms with E-state index in [1.54, 1.807) is 11.8 Å². The molecular weight excluding hydrogens is 186 g/mol. The van der Waals surface area contributed by atoms with E-state index in [2.05, 4.69) is 16.6 Å². The molecule has 0 fully saturated rings. The normalized spacial score (nSPS) is 10.6. The van der Waals surface area contributed by atoms with Gasteiger partial charge in [-0.3, -0.25) is 4.68 Å². The summed E-state index contributed by atoms with van der Waals surface area (Å²) in [6.45, 7) is 1.13. The van der Waals surface area contributed by atoms with Crippen LogP contribution >= 0.6 is 11.8 Å². The van der Waals surface area contributed by atoms with Crippen LogP contribution in [-0.2, 0) is 13.0 Å². The summed E-state index contributed by atoms with van der Waals surface area (Å²) in [5.74, 6) is 1.06. The maximum absolute atomic E-state index is 8.62. The van der Waals surface area contributed by atoms with E-state index < -0.39 is 0 Å². The molecule has 1 aromatic rings. The highest BCUT2D eigenvalue weighted by molar-refractivity contribution is 7.98. The Morgan fingerprint density at radius 2 is 2.46 bits per heavy atom. The molecule has 0 bridgehead atoms. The first kappa shape index (κ1) is 10.5. The third kappa shape index (κ3) is 3.78. The molecule has 1 N–H and O–H groups in total. The Bertz CT molecular complexity index is 217. The molecule has 4 nitrogen and oxygen atoms in total. The van der Waals surface area contributed by atoms with Crippen LogP contribution < -0.4 is 0 Å². The average molecular weight is 201 g/mol. The van der Waals surface area contributed by atoms with E-state index in [0.29, 0.717) is 0 Å². The molecule has 0 aliphatic rings. The highest BCUT2D eigenvalue weighted by atomic mass is 32.2. The molecular formula is C8H15N3OS. The number of rotatable bonds is 6. The number of aromatic nitrogens is 3. The molecule has 1 aromatic heterocycles. The minimum absolute atomic E-state index is 0.220. The second-order valence-electron chi connectivity index (χ2n) is 2.79. The highest BCUT2D eigenvalue weighted by Crippen LogP contribution is 1.99. The van der Waals surface area contributed by atoms with E-state index in [-0.39, 0.29) is 6.61 Å². The van der Waals surface area contributed by atoms with Crippen LogP contribution in [0.3, 0.4) is 0 Å². The third-order valence-corrected chi connectivity index (χ3v) is 2.29. The lowest BCUT2D eigenvalue weighted by Gasteiger charge is -1.95. The minimum atomic E-state index is 0.220. The van der Waals surface area contributed by atoms with Crippen molar-refractivity contribution in [3.05, 3.63) is 11.9 Å². The lowest BCUT2D eigenvalue weighted by atomic mass is 10.3. The summed E-state index contributed by atoms with van der Waals surface area (Å²) in [4.78, 5) is 0. The molecule has 0 aliphatic heterocycles. The summed E-state index contributed by atoms with van der Waals surface area (Å²) in [6.07, 6.45) is 5.60. The van der Waals surface area contributed by atoms with Gasteiger partial charge in [0.25, 0.3) is 0 Å². The zero-order valence-electron chi connectivity index (χ0n) is 7.81. The Hall–Kier alpha value is -0.550. The van der Waals surface area contributed by atoms with E-state index in [0.717, 1.165) is 30.8 Å². The number of aryl methyl sites for hydroxylation is 2. The van der Waals surface area contributed by atoms with Crippen LogP contribution in [0.5, 0.6) is 0 Å². The van der Waals surface area contributed by atoms with Gasteiger partial charge in [0, 0.05) is 18.6 Å². The van der Waals surface area contributed by atoms with Gasteiger partial charge in [-0.1, -0.05) is 5.21 Å². The standard InChI is InChI=1S/C8H15N3OS/c1-13-6-4-11-7-8(9-10-11)3-2-5-12/h7,12H,2-6H2,1H3. The van der Waals surface area contributed by atoms with Gasteiger partial charge in [0.05, 0.1) is 12.2 Å². The van der Waals surface area contributed by atoms with Gasteiger partial charge in [0.1, 0.15) is 0 Å². The molecule has 0 aliphatic carbocycles.